The summed E-state index contributed by atoms with van der Waals surface area (Å²) in [5.74, 6) is 0.502. The average molecular weight is 312 g/mol. The molecule has 6 heteroatoms. The molecule has 4 rings (SSSR count). The minimum Gasteiger partial charge on any atom is -0.359 e. The van der Waals surface area contributed by atoms with Gasteiger partial charge in [-0.15, -0.1) is 5.10 Å². The molecule has 0 saturated heterocycles. The van der Waals surface area contributed by atoms with Crippen molar-refractivity contribution in [2.75, 3.05) is 11.9 Å². The Balaban J connectivity index is 1.55. The van der Waals surface area contributed by atoms with Crippen LogP contribution >= 0.6 is 11.3 Å². The van der Waals surface area contributed by atoms with Crippen LogP contribution in [-0.4, -0.2) is 21.1 Å². The van der Waals surface area contributed by atoms with Crippen molar-refractivity contribution in [1.29, 1.82) is 0 Å². The zero-order chi connectivity index (χ0) is 14.9. The van der Waals surface area contributed by atoms with Gasteiger partial charge in [0.1, 0.15) is 0 Å². The van der Waals surface area contributed by atoms with Crippen molar-refractivity contribution in [3.05, 3.63) is 58.0 Å². The molecule has 1 aliphatic carbocycles. The maximum Gasteiger partial charge on any atom is 0.275 e. The maximum absolute atomic E-state index is 11.7. The average Bonchev–Trinajstić information content (AvgIpc) is 2.97. The Morgan fingerprint density at radius 1 is 1.32 bits per heavy atom. The fourth-order valence-corrected chi connectivity index (χ4v) is 3.87. The first-order chi connectivity index (χ1) is 10.8. The Labute approximate surface area is 131 Å². The van der Waals surface area contributed by atoms with Crippen molar-refractivity contribution in [1.82, 2.24) is 14.6 Å². The van der Waals surface area contributed by atoms with E-state index in [9.17, 15) is 4.79 Å². The van der Waals surface area contributed by atoms with Crippen LogP contribution < -0.4 is 10.9 Å². The molecule has 0 bridgehead atoms. The lowest BCUT2D eigenvalue weighted by Gasteiger charge is -2.25. The van der Waals surface area contributed by atoms with Crippen LogP contribution in [0, 0.1) is 0 Å². The van der Waals surface area contributed by atoms with Crippen LogP contribution in [0.15, 0.2) is 41.3 Å². The van der Waals surface area contributed by atoms with E-state index in [4.69, 9.17) is 0 Å². The van der Waals surface area contributed by atoms with Crippen LogP contribution in [0.2, 0.25) is 0 Å². The normalized spacial score (nSPS) is 17.4. The molecule has 112 valence electrons. The molecule has 0 radical (unpaired) electrons. The Morgan fingerprint density at radius 2 is 2.23 bits per heavy atom. The minimum absolute atomic E-state index is 0.141. The van der Waals surface area contributed by atoms with Gasteiger partial charge < -0.3 is 5.32 Å². The molecule has 22 heavy (non-hydrogen) atoms. The van der Waals surface area contributed by atoms with Gasteiger partial charge in [0.05, 0.1) is 0 Å². The van der Waals surface area contributed by atoms with E-state index in [0.717, 1.165) is 11.7 Å². The third kappa shape index (κ3) is 2.39. The fourth-order valence-electron chi connectivity index (χ4n) is 3.09. The van der Waals surface area contributed by atoms with Crippen LogP contribution in [0.4, 0.5) is 5.13 Å². The van der Waals surface area contributed by atoms with E-state index >= 15 is 0 Å². The highest BCUT2D eigenvalue weighted by Gasteiger charge is 2.20. The molecular weight excluding hydrogens is 296 g/mol. The Morgan fingerprint density at radius 3 is 3.14 bits per heavy atom. The number of fused-ring (bicyclic) bond motifs is 2. The SMILES string of the molecule is O=c1ccnc2sc(NCC3CCCc4ccccc43)nn12. The molecule has 1 N–H and O–H groups in total. The van der Waals surface area contributed by atoms with Gasteiger partial charge in [0, 0.05) is 24.7 Å². The topological polar surface area (TPSA) is 59.3 Å². The van der Waals surface area contributed by atoms with Crippen molar-refractivity contribution in [2.45, 2.75) is 25.2 Å². The van der Waals surface area contributed by atoms with Crippen molar-refractivity contribution in [3.63, 3.8) is 0 Å². The standard InChI is InChI=1S/C16H16N4OS/c21-14-8-9-17-16-20(14)19-15(22-16)18-10-12-6-3-5-11-4-1-2-7-13(11)12/h1-2,4,7-9,12H,3,5-6,10H2,(H,18,19). The van der Waals surface area contributed by atoms with Crippen molar-refractivity contribution in [3.8, 4) is 0 Å². The van der Waals surface area contributed by atoms with E-state index in [1.807, 2.05) is 0 Å². The summed E-state index contributed by atoms with van der Waals surface area (Å²) >= 11 is 1.41. The summed E-state index contributed by atoms with van der Waals surface area (Å²) in [6.07, 6.45) is 5.11. The van der Waals surface area contributed by atoms with E-state index in [1.165, 1.54) is 58.5 Å². The number of rotatable bonds is 3. The van der Waals surface area contributed by atoms with Crippen molar-refractivity contribution in [2.24, 2.45) is 0 Å². The van der Waals surface area contributed by atoms with Gasteiger partial charge in [0.15, 0.2) is 0 Å². The second-order valence-electron chi connectivity index (χ2n) is 5.55. The molecule has 2 aromatic heterocycles. The summed E-state index contributed by atoms with van der Waals surface area (Å²) in [5.41, 5.74) is 2.76. The van der Waals surface area contributed by atoms with E-state index in [1.54, 1.807) is 0 Å². The number of hydrogen-bond acceptors (Lipinski definition) is 5. The van der Waals surface area contributed by atoms with Crippen LogP contribution in [0.5, 0.6) is 0 Å². The first-order valence-corrected chi connectivity index (χ1v) is 8.29. The van der Waals surface area contributed by atoms with Gasteiger partial charge in [-0.1, -0.05) is 35.6 Å². The van der Waals surface area contributed by atoms with Crippen LogP contribution in [0.3, 0.4) is 0 Å². The highest BCUT2D eigenvalue weighted by atomic mass is 32.1. The lowest BCUT2D eigenvalue weighted by molar-refractivity contribution is 0.571. The van der Waals surface area contributed by atoms with Gasteiger partial charge in [-0.25, -0.2) is 4.98 Å². The molecule has 0 amide bonds. The van der Waals surface area contributed by atoms with Crippen LogP contribution in [0.25, 0.3) is 4.96 Å². The third-order valence-electron chi connectivity index (χ3n) is 4.16. The summed E-state index contributed by atoms with van der Waals surface area (Å²) in [6, 6.07) is 10.1. The zero-order valence-electron chi connectivity index (χ0n) is 12.0. The number of nitrogens with zero attached hydrogens (tertiary/aromatic N) is 3. The molecular formula is C16H16N4OS. The first-order valence-electron chi connectivity index (χ1n) is 7.48. The number of anilines is 1. The zero-order valence-corrected chi connectivity index (χ0v) is 12.8. The van der Waals surface area contributed by atoms with Crippen LogP contribution in [0.1, 0.15) is 29.9 Å². The number of hydrogen-bond donors (Lipinski definition) is 1. The van der Waals surface area contributed by atoms with Gasteiger partial charge >= 0.3 is 0 Å². The molecule has 1 aliphatic rings. The fraction of sp³-hybridized carbons (Fsp3) is 0.312. The maximum atomic E-state index is 11.7. The minimum atomic E-state index is -0.141. The largest absolute Gasteiger partial charge is 0.359 e. The van der Waals surface area contributed by atoms with Gasteiger partial charge in [-0.2, -0.15) is 4.52 Å². The molecule has 5 nitrogen and oxygen atoms in total. The summed E-state index contributed by atoms with van der Waals surface area (Å²) in [6.45, 7) is 0.839. The van der Waals surface area contributed by atoms with Crippen molar-refractivity contribution >= 4 is 21.4 Å². The summed E-state index contributed by atoms with van der Waals surface area (Å²) in [4.78, 5) is 16.5. The van der Waals surface area contributed by atoms with Gasteiger partial charge in [0.25, 0.3) is 5.56 Å². The molecule has 3 aromatic rings. The molecule has 0 saturated carbocycles. The van der Waals surface area contributed by atoms with E-state index in [-0.39, 0.29) is 5.56 Å². The van der Waals surface area contributed by atoms with E-state index in [2.05, 4.69) is 39.7 Å². The second kappa shape index (κ2) is 5.53. The van der Waals surface area contributed by atoms with Crippen LogP contribution in [-0.2, 0) is 6.42 Å². The summed E-state index contributed by atoms with van der Waals surface area (Å²) in [5, 5.41) is 8.43. The van der Waals surface area contributed by atoms with Crippen molar-refractivity contribution < 1.29 is 0 Å². The molecule has 0 spiro atoms. The highest BCUT2D eigenvalue weighted by molar-refractivity contribution is 7.20. The molecule has 2 heterocycles. The second-order valence-corrected chi connectivity index (χ2v) is 6.51. The van der Waals surface area contributed by atoms with E-state index in [0.29, 0.717) is 10.9 Å². The monoisotopic (exact) mass is 312 g/mol. The quantitative estimate of drug-likeness (QED) is 0.808. The predicted molar refractivity (Wildman–Crippen MR) is 87.7 cm³/mol. The number of benzene rings is 1. The lowest BCUT2D eigenvalue weighted by Crippen LogP contribution is -2.18. The number of aromatic nitrogens is 3. The summed E-state index contributed by atoms with van der Waals surface area (Å²) in [7, 11) is 0. The Bertz CT molecular complexity index is 870. The molecule has 1 aromatic carbocycles. The molecule has 1 unspecified atom stereocenters. The third-order valence-corrected chi connectivity index (χ3v) is 5.04. The Kier molecular flexibility index (Phi) is 3.38. The number of aryl methyl sites for hydroxylation is 1. The lowest BCUT2D eigenvalue weighted by atomic mass is 9.83. The molecule has 1 atom stereocenters. The van der Waals surface area contributed by atoms with E-state index < -0.39 is 0 Å². The first kappa shape index (κ1) is 13.5. The molecule has 0 aliphatic heterocycles. The number of nitrogens with one attached hydrogen (secondary N) is 1. The molecule has 0 fully saturated rings. The van der Waals surface area contributed by atoms with Gasteiger partial charge in [0.2, 0.25) is 10.1 Å². The predicted octanol–water partition coefficient (Wildman–Crippen LogP) is 2.68. The smallest absolute Gasteiger partial charge is 0.275 e. The highest BCUT2D eigenvalue weighted by Crippen LogP contribution is 2.31. The Hall–Kier alpha value is -2.21. The van der Waals surface area contributed by atoms with Gasteiger partial charge in [-0.05, 0) is 30.4 Å². The summed E-state index contributed by atoms with van der Waals surface area (Å²) < 4.78 is 1.35. The van der Waals surface area contributed by atoms with Gasteiger partial charge in [-0.3, -0.25) is 4.79 Å².